The van der Waals surface area contributed by atoms with Crippen molar-refractivity contribution in [1.82, 2.24) is 14.8 Å². The minimum atomic E-state index is -0.635. The number of rotatable bonds is 5. The molecule has 0 amide bonds. The minimum absolute atomic E-state index is 0.00396. The van der Waals surface area contributed by atoms with E-state index in [0.717, 1.165) is 74.3 Å². The van der Waals surface area contributed by atoms with E-state index in [4.69, 9.17) is 14.2 Å². The molecule has 7 aliphatic rings. The molecule has 1 saturated carbocycles. The van der Waals surface area contributed by atoms with Crippen LogP contribution >= 0.6 is 0 Å². The lowest BCUT2D eigenvalue weighted by atomic mass is 9.54. The van der Waals surface area contributed by atoms with E-state index < -0.39 is 5.41 Å². The summed E-state index contributed by atoms with van der Waals surface area (Å²) in [5.74, 6) is 1.34. The highest BCUT2D eigenvalue weighted by Gasteiger charge is 2.67. The van der Waals surface area contributed by atoms with E-state index in [1.807, 2.05) is 0 Å². The maximum absolute atomic E-state index is 14.4. The number of piperidine rings is 3. The maximum atomic E-state index is 14.4. The van der Waals surface area contributed by atoms with Crippen molar-refractivity contribution in [2.45, 2.75) is 82.3 Å². The summed E-state index contributed by atoms with van der Waals surface area (Å²) < 4.78 is 17.7. The average molecular weight is 707 g/mol. The zero-order chi connectivity index (χ0) is 36.1. The van der Waals surface area contributed by atoms with E-state index in [1.54, 1.807) is 14.2 Å². The monoisotopic (exact) mass is 706 g/mol. The lowest BCUT2D eigenvalue weighted by molar-refractivity contribution is -0.176. The Morgan fingerprint density at radius 3 is 2.63 bits per heavy atom. The Morgan fingerprint density at radius 2 is 1.88 bits per heavy atom. The Kier molecular flexibility index (Phi) is 8.27. The topological polar surface area (TPSA) is 96.1 Å². The van der Waals surface area contributed by atoms with Crippen LogP contribution in [0.1, 0.15) is 80.2 Å². The van der Waals surface area contributed by atoms with E-state index in [1.165, 1.54) is 41.3 Å². The van der Waals surface area contributed by atoms with E-state index >= 15 is 0 Å². The van der Waals surface area contributed by atoms with Crippen molar-refractivity contribution in [1.29, 1.82) is 0 Å². The largest absolute Gasteiger partial charge is 0.496 e. The van der Waals surface area contributed by atoms with Crippen molar-refractivity contribution in [2.24, 2.45) is 29.1 Å². The molecule has 276 valence electrons. The zero-order valence-electron chi connectivity index (χ0n) is 31.5. The van der Waals surface area contributed by atoms with Gasteiger partial charge in [0.2, 0.25) is 0 Å². The Hall–Kier alpha value is -3.82. The Labute approximate surface area is 307 Å². The zero-order valence-corrected chi connectivity index (χ0v) is 31.5. The van der Waals surface area contributed by atoms with Crippen molar-refractivity contribution < 1.29 is 23.8 Å². The molecule has 9 nitrogen and oxygen atoms in total. The van der Waals surface area contributed by atoms with Gasteiger partial charge in [0, 0.05) is 64.9 Å². The molecule has 1 aromatic heterocycles. The number of H-pyrrole nitrogens is 1. The molecule has 2 aromatic carbocycles. The first-order valence-corrected chi connectivity index (χ1v) is 19.6. The molecule has 0 radical (unpaired) electrons. The molecule has 6 heterocycles. The highest BCUT2D eigenvalue weighted by molar-refractivity contribution is 5.87. The van der Waals surface area contributed by atoms with Gasteiger partial charge in [-0.1, -0.05) is 49.3 Å². The predicted octanol–water partition coefficient (Wildman–Crippen LogP) is 6.48. The number of likely N-dealkylation sites (tertiary alicyclic amines) is 1. The van der Waals surface area contributed by atoms with Gasteiger partial charge in [0.25, 0.3) is 0 Å². The summed E-state index contributed by atoms with van der Waals surface area (Å²) in [6.07, 6.45) is 7.79. The summed E-state index contributed by atoms with van der Waals surface area (Å²) >= 11 is 0. The first-order valence-electron chi connectivity index (χ1n) is 19.6. The summed E-state index contributed by atoms with van der Waals surface area (Å²) in [5.41, 5.74) is 7.72. The molecular formula is C43H54N4O5. The van der Waals surface area contributed by atoms with Crippen LogP contribution in [0.5, 0.6) is 5.75 Å². The number of allylic oxidation sites excluding steroid dienone is 1. The normalized spacial score (nSPS) is 36.8. The van der Waals surface area contributed by atoms with E-state index in [-0.39, 0.29) is 53.7 Å². The lowest BCUT2D eigenvalue weighted by Gasteiger charge is -2.59. The third kappa shape index (κ3) is 4.66. The highest BCUT2D eigenvalue weighted by atomic mass is 16.5. The number of aromatic amines is 1. The number of nitrogens with one attached hydrogen (secondary N) is 2. The van der Waals surface area contributed by atoms with Crippen LogP contribution in [0.3, 0.4) is 0 Å². The second-order valence-corrected chi connectivity index (χ2v) is 16.7. The number of carbonyl (C=O) groups excluding carboxylic acids is 2. The molecule has 0 spiro atoms. The summed E-state index contributed by atoms with van der Waals surface area (Å²) in [7, 11) is 7.03. The van der Waals surface area contributed by atoms with Gasteiger partial charge in [0.05, 0.1) is 33.3 Å². The SMILES string of the molecule is C/C=C1/CN(C)[C@H]2Cc3c([nH]c4ccccc34)[C@H](c3c(OC)ccc4c3NC3C4CCN4C[C@@H]5C[C@H](CC)[C@H]4[C@@]3(C(=O)OC)C5)C[C@@H]1C2C(=O)OC. The first kappa shape index (κ1) is 34.0. The fourth-order valence-corrected chi connectivity index (χ4v) is 12.7. The van der Waals surface area contributed by atoms with Crippen LogP contribution in [0.2, 0.25) is 0 Å². The first-order chi connectivity index (χ1) is 25.3. The summed E-state index contributed by atoms with van der Waals surface area (Å²) in [5, 5.41) is 5.36. The number of methoxy groups -OCH3 is 3. The number of carbonyl (C=O) groups is 2. The van der Waals surface area contributed by atoms with Crippen LogP contribution in [0.25, 0.3) is 10.9 Å². The van der Waals surface area contributed by atoms with Gasteiger partial charge < -0.3 is 24.5 Å². The number of benzene rings is 2. The minimum Gasteiger partial charge on any atom is -0.496 e. The fourth-order valence-electron chi connectivity index (χ4n) is 12.7. The molecule has 52 heavy (non-hydrogen) atoms. The van der Waals surface area contributed by atoms with E-state index in [0.29, 0.717) is 11.8 Å². The smallest absolute Gasteiger partial charge is 0.315 e. The molecule has 11 atom stereocenters. The van der Waals surface area contributed by atoms with Crippen molar-refractivity contribution in [3.05, 3.63) is 70.4 Å². The molecule has 10 rings (SSSR count). The average Bonchev–Trinajstić information content (AvgIpc) is 3.70. The Bertz CT molecular complexity index is 1950. The number of anilines is 1. The number of hydrogen-bond acceptors (Lipinski definition) is 8. The highest BCUT2D eigenvalue weighted by Crippen LogP contribution is 2.62. The number of nitrogens with zero attached hydrogens (tertiary/aromatic N) is 2. The van der Waals surface area contributed by atoms with Crippen LogP contribution < -0.4 is 10.1 Å². The standard InChI is InChI=1S/C43H54N4O5/c1-7-24-17-23-20-43(42(49)52-6)39-28(15-16-47(21-23)40(24)43)27-13-14-34(50-4)36(38(27)45-39)31-18-29-25(8-2)22-46(3)33(35(29)41(48)51-5)19-30-26-11-9-10-12-32(26)44-37(30)31/h8-14,23-24,28-29,31,33,35,39-40,44-45H,7,15-22H2,1-6H3/b25-8-/t23-,24+,28?,29+,31+,33+,35?,39?,40+,43-/m1/s1. The quantitative estimate of drug-likeness (QED) is 0.230. The van der Waals surface area contributed by atoms with Crippen LogP contribution in [0, 0.1) is 29.1 Å². The molecule has 5 aliphatic heterocycles. The summed E-state index contributed by atoms with van der Waals surface area (Å²) in [6.45, 7) is 7.28. The predicted molar refractivity (Wildman–Crippen MR) is 202 cm³/mol. The number of ether oxygens (including phenoxy) is 3. The fraction of sp³-hybridized carbons (Fsp3) is 0.581. The Morgan fingerprint density at radius 1 is 1.06 bits per heavy atom. The van der Waals surface area contributed by atoms with Crippen LogP contribution in [0.15, 0.2) is 48.0 Å². The molecule has 3 aromatic rings. The number of likely N-dealkylation sites (N-methyl/N-ethyl adjacent to an activating group) is 1. The molecule has 2 aliphatic carbocycles. The number of esters is 2. The lowest BCUT2D eigenvalue weighted by Crippen LogP contribution is -2.69. The number of hydrogen-bond donors (Lipinski definition) is 2. The molecule has 6 bridgehead atoms. The molecule has 2 N–H and O–H groups in total. The van der Waals surface area contributed by atoms with Gasteiger partial charge in [-0.25, -0.2) is 0 Å². The van der Waals surface area contributed by atoms with Gasteiger partial charge in [-0.15, -0.1) is 0 Å². The maximum Gasteiger partial charge on any atom is 0.315 e. The number of aromatic nitrogens is 1. The van der Waals surface area contributed by atoms with Gasteiger partial charge in [-0.05, 0) is 93.6 Å². The van der Waals surface area contributed by atoms with Crippen molar-refractivity contribution in [3.63, 3.8) is 0 Å². The van der Waals surface area contributed by atoms with Gasteiger partial charge in [-0.2, -0.15) is 0 Å². The number of fused-ring (bicyclic) bond motifs is 9. The van der Waals surface area contributed by atoms with Crippen molar-refractivity contribution >= 4 is 28.5 Å². The second kappa shape index (κ2) is 12.7. The van der Waals surface area contributed by atoms with Crippen molar-refractivity contribution in [3.8, 4) is 5.75 Å². The molecule has 5 fully saturated rings. The molecule has 4 saturated heterocycles. The van der Waals surface area contributed by atoms with E-state index in [9.17, 15) is 9.59 Å². The van der Waals surface area contributed by atoms with E-state index in [2.05, 4.69) is 83.5 Å². The van der Waals surface area contributed by atoms with Crippen LogP contribution in [0.4, 0.5) is 5.69 Å². The third-order valence-corrected chi connectivity index (χ3v) is 14.7. The van der Waals surface area contributed by atoms with Gasteiger partial charge in [-0.3, -0.25) is 19.4 Å². The third-order valence-electron chi connectivity index (χ3n) is 14.7. The van der Waals surface area contributed by atoms with Gasteiger partial charge in [0.1, 0.15) is 11.2 Å². The van der Waals surface area contributed by atoms with Gasteiger partial charge in [0.15, 0.2) is 0 Å². The summed E-state index contributed by atoms with van der Waals surface area (Å²) in [6, 6.07) is 13.1. The molecule has 4 unspecified atom stereocenters. The Balaban J connectivity index is 1.26. The molecular weight excluding hydrogens is 652 g/mol. The second-order valence-electron chi connectivity index (χ2n) is 16.7. The molecule has 9 heteroatoms. The van der Waals surface area contributed by atoms with Crippen molar-refractivity contribution in [2.75, 3.05) is 53.3 Å². The van der Waals surface area contributed by atoms with Crippen LogP contribution in [-0.4, -0.2) is 92.9 Å². The van der Waals surface area contributed by atoms with Gasteiger partial charge >= 0.3 is 11.9 Å². The number of para-hydroxylation sites is 1. The summed E-state index contributed by atoms with van der Waals surface area (Å²) in [4.78, 5) is 37.3. The van der Waals surface area contributed by atoms with Crippen LogP contribution in [-0.2, 0) is 25.5 Å².